The first kappa shape index (κ1) is 13.3. The lowest BCUT2D eigenvalue weighted by atomic mass is 10.1. The third-order valence-corrected chi connectivity index (χ3v) is 3.22. The quantitative estimate of drug-likeness (QED) is 0.653. The van der Waals surface area contributed by atoms with Crippen LogP contribution in [0, 0.1) is 10.1 Å². The fourth-order valence-corrected chi connectivity index (χ4v) is 1.99. The molecule has 102 valence electrons. The van der Waals surface area contributed by atoms with Gasteiger partial charge in [0, 0.05) is 31.3 Å². The van der Waals surface area contributed by atoms with Crippen LogP contribution in [-0.2, 0) is 0 Å². The largest absolute Gasteiger partial charge is 0.380 e. The number of hydrogen-bond acceptors (Lipinski definition) is 4. The minimum absolute atomic E-state index is 0.0584. The Labute approximate surface area is 111 Å². The number of carbonyl (C=O) groups is 1. The molecule has 1 amide bonds. The van der Waals surface area contributed by atoms with E-state index in [0.717, 1.165) is 12.8 Å². The molecule has 19 heavy (non-hydrogen) atoms. The molecule has 2 rings (SSSR count). The summed E-state index contributed by atoms with van der Waals surface area (Å²) in [4.78, 5) is 24.4. The van der Waals surface area contributed by atoms with Gasteiger partial charge in [0.2, 0.25) is 0 Å². The van der Waals surface area contributed by atoms with Crippen LogP contribution in [-0.4, -0.2) is 35.4 Å². The number of hydrogen-bond donors (Lipinski definition) is 1. The summed E-state index contributed by atoms with van der Waals surface area (Å²) in [5.41, 5.74) is 0.748. The van der Waals surface area contributed by atoms with Crippen LogP contribution in [0.1, 0.15) is 30.1 Å². The van der Waals surface area contributed by atoms with E-state index in [0.29, 0.717) is 23.8 Å². The van der Waals surface area contributed by atoms with Crippen LogP contribution in [0.15, 0.2) is 18.2 Å². The van der Waals surface area contributed by atoms with Gasteiger partial charge in [-0.25, -0.2) is 0 Å². The molecule has 1 aromatic carbocycles. The van der Waals surface area contributed by atoms with Gasteiger partial charge in [0.25, 0.3) is 11.6 Å². The fraction of sp³-hybridized carbons (Fsp3) is 0.462. The van der Waals surface area contributed by atoms with Gasteiger partial charge in [-0.2, -0.15) is 0 Å². The van der Waals surface area contributed by atoms with E-state index < -0.39 is 4.92 Å². The molecule has 1 aromatic rings. The van der Waals surface area contributed by atoms with E-state index in [4.69, 9.17) is 0 Å². The van der Waals surface area contributed by atoms with Gasteiger partial charge in [0.05, 0.1) is 4.92 Å². The van der Waals surface area contributed by atoms with Gasteiger partial charge in [-0.15, -0.1) is 0 Å². The lowest BCUT2D eigenvalue weighted by Gasteiger charge is -2.16. The van der Waals surface area contributed by atoms with Crippen molar-refractivity contribution in [3.8, 4) is 0 Å². The smallest absolute Gasteiger partial charge is 0.293 e. The summed E-state index contributed by atoms with van der Waals surface area (Å²) in [5.74, 6) is -0.159. The van der Waals surface area contributed by atoms with Crippen LogP contribution < -0.4 is 5.32 Å². The van der Waals surface area contributed by atoms with Gasteiger partial charge in [-0.05, 0) is 31.9 Å². The summed E-state index contributed by atoms with van der Waals surface area (Å²) in [6, 6.07) is 4.86. The minimum atomic E-state index is -0.466. The first-order valence-electron chi connectivity index (χ1n) is 6.34. The normalized spacial score (nSPS) is 14.0. The topological polar surface area (TPSA) is 75.5 Å². The van der Waals surface area contributed by atoms with E-state index in [1.54, 1.807) is 24.1 Å². The Balaban J connectivity index is 2.29. The Morgan fingerprint density at radius 3 is 2.74 bits per heavy atom. The van der Waals surface area contributed by atoms with Crippen molar-refractivity contribution < 1.29 is 9.72 Å². The highest BCUT2D eigenvalue weighted by Crippen LogP contribution is 2.29. The third kappa shape index (κ3) is 2.83. The highest BCUT2D eigenvalue weighted by Gasteiger charge is 2.30. The molecule has 0 bridgehead atoms. The molecule has 0 radical (unpaired) electrons. The summed E-state index contributed by atoms with van der Waals surface area (Å²) in [7, 11) is 1.74. The van der Waals surface area contributed by atoms with Gasteiger partial charge in [-0.1, -0.05) is 0 Å². The molecule has 0 aromatic heterocycles. The maximum absolute atomic E-state index is 12.2. The fourth-order valence-electron chi connectivity index (χ4n) is 1.99. The third-order valence-electron chi connectivity index (χ3n) is 3.22. The standard InChI is InChI=1S/C13H17N3O3/c1-3-14-11-7-4-9(8-12(11)16(18)19)13(17)15(2)10-5-6-10/h4,7-8,10,14H,3,5-6H2,1-2H3. The summed E-state index contributed by atoms with van der Waals surface area (Å²) in [6.45, 7) is 2.46. The van der Waals surface area contributed by atoms with E-state index in [1.807, 2.05) is 6.92 Å². The zero-order valence-corrected chi connectivity index (χ0v) is 11.0. The SMILES string of the molecule is CCNc1ccc(C(=O)N(C)C2CC2)cc1[N+](=O)[O-]. The van der Waals surface area contributed by atoms with Crippen molar-refractivity contribution in [1.29, 1.82) is 0 Å². The van der Waals surface area contributed by atoms with Crippen LogP contribution in [0.5, 0.6) is 0 Å². The second kappa shape index (κ2) is 5.26. The maximum atomic E-state index is 12.2. The van der Waals surface area contributed by atoms with Gasteiger partial charge in [-0.3, -0.25) is 14.9 Å². The molecule has 0 unspecified atom stereocenters. The highest BCUT2D eigenvalue weighted by molar-refractivity contribution is 5.96. The highest BCUT2D eigenvalue weighted by atomic mass is 16.6. The molecule has 1 N–H and O–H groups in total. The number of nitro benzene ring substituents is 1. The van der Waals surface area contributed by atoms with Crippen molar-refractivity contribution in [3.05, 3.63) is 33.9 Å². The molecular formula is C13H17N3O3. The maximum Gasteiger partial charge on any atom is 0.293 e. The average Bonchev–Trinajstić information content (AvgIpc) is 3.22. The van der Waals surface area contributed by atoms with Gasteiger partial charge in [0.15, 0.2) is 0 Å². The van der Waals surface area contributed by atoms with Crippen LogP contribution in [0.3, 0.4) is 0 Å². The Kier molecular flexibility index (Phi) is 3.69. The van der Waals surface area contributed by atoms with E-state index in [1.165, 1.54) is 6.07 Å². The lowest BCUT2D eigenvalue weighted by molar-refractivity contribution is -0.384. The molecule has 0 heterocycles. The molecule has 6 heteroatoms. The predicted octanol–water partition coefficient (Wildman–Crippen LogP) is 2.26. The Morgan fingerprint density at radius 2 is 2.21 bits per heavy atom. The Morgan fingerprint density at radius 1 is 1.53 bits per heavy atom. The van der Waals surface area contributed by atoms with Crippen LogP contribution in [0.2, 0.25) is 0 Å². The van der Waals surface area contributed by atoms with Crippen LogP contribution >= 0.6 is 0 Å². The van der Waals surface area contributed by atoms with E-state index in [9.17, 15) is 14.9 Å². The van der Waals surface area contributed by atoms with Crippen molar-refractivity contribution in [1.82, 2.24) is 4.90 Å². The molecule has 1 saturated carbocycles. The summed E-state index contributed by atoms with van der Waals surface area (Å²) < 4.78 is 0. The summed E-state index contributed by atoms with van der Waals surface area (Å²) >= 11 is 0. The molecule has 6 nitrogen and oxygen atoms in total. The van der Waals surface area contributed by atoms with Crippen molar-refractivity contribution in [3.63, 3.8) is 0 Å². The van der Waals surface area contributed by atoms with Crippen molar-refractivity contribution in [2.75, 3.05) is 18.9 Å². The second-order valence-electron chi connectivity index (χ2n) is 4.67. The number of nitro groups is 1. The molecule has 1 aliphatic rings. The van der Waals surface area contributed by atoms with E-state index >= 15 is 0 Å². The first-order valence-corrected chi connectivity index (χ1v) is 6.34. The monoisotopic (exact) mass is 263 g/mol. The molecule has 1 aliphatic carbocycles. The molecule has 0 saturated heterocycles. The van der Waals surface area contributed by atoms with Crippen LogP contribution in [0.25, 0.3) is 0 Å². The second-order valence-corrected chi connectivity index (χ2v) is 4.67. The van der Waals surface area contributed by atoms with Crippen molar-refractivity contribution in [2.45, 2.75) is 25.8 Å². The average molecular weight is 263 g/mol. The molecule has 0 spiro atoms. The zero-order chi connectivity index (χ0) is 14.0. The van der Waals surface area contributed by atoms with E-state index in [-0.39, 0.29) is 11.6 Å². The first-order chi connectivity index (χ1) is 9.04. The lowest BCUT2D eigenvalue weighted by Crippen LogP contribution is -2.28. The van der Waals surface area contributed by atoms with Gasteiger partial charge < -0.3 is 10.2 Å². The minimum Gasteiger partial charge on any atom is -0.380 e. The summed E-state index contributed by atoms with van der Waals surface area (Å²) in [6.07, 6.45) is 2.03. The Hall–Kier alpha value is -2.11. The molecule has 0 atom stereocenters. The number of anilines is 1. The predicted molar refractivity (Wildman–Crippen MR) is 72.4 cm³/mol. The number of rotatable bonds is 5. The van der Waals surface area contributed by atoms with Crippen molar-refractivity contribution in [2.24, 2.45) is 0 Å². The molecule has 0 aliphatic heterocycles. The number of benzene rings is 1. The van der Waals surface area contributed by atoms with Crippen LogP contribution in [0.4, 0.5) is 11.4 Å². The van der Waals surface area contributed by atoms with Crippen molar-refractivity contribution >= 4 is 17.3 Å². The number of nitrogens with zero attached hydrogens (tertiary/aromatic N) is 2. The zero-order valence-electron chi connectivity index (χ0n) is 11.0. The number of nitrogens with one attached hydrogen (secondary N) is 1. The van der Waals surface area contributed by atoms with E-state index in [2.05, 4.69) is 5.32 Å². The summed E-state index contributed by atoms with van der Waals surface area (Å²) in [5, 5.41) is 13.9. The van der Waals surface area contributed by atoms with Gasteiger partial charge in [0.1, 0.15) is 5.69 Å². The number of amides is 1. The molecular weight excluding hydrogens is 246 g/mol. The van der Waals surface area contributed by atoms with Gasteiger partial charge >= 0.3 is 0 Å². The molecule has 1 fully saturated rings. The number of carbonyl (C=O) groups excluding carboxylic acids is 1. The Bertz CT molecular complexity index is 512.